The van der Waals surface area contributed by atoms with Gasteiger partial charge in [-0.3, -0.25) is 0 Å². The lowest BCUT2D eigenvalue weighted by molar-refractivity contribution is -0.0427. The maximum absolute atomic E-state index is 12.0. The molecule has 0 heterocycles. The molecule has 0 aromatic rings. The number of hydrogen-bond acceptors (Lipinski definition) is 2. The smallest absolute Gasteiger partial charge is 0.215 e. The molecule has 0 unspecified atom stereocenters. The molecule has 1 aliphatic carbocycles. The van der Waals surface area contributed by atoms with Gasteiger partial charge in [0, 0.05) is 0 Å². The second-order valence-electron chi connectivity index (χ2n) is 2.55. The van der Waals surface area contributed by atoms with Crippen molar-refractivity contribution in [3.05, 3.63) is 23.1 Å². The standard InChI is InChI=1S/C7H7F3O2S/c8-7(9,10)13(11,12)6-4-2-1-3-5-6/h1-2,4H,3,5H2. The summed E-state index contributed by atoms with van der Waals surface area (Å²) in [6.45, 7) is 0. The van der Waals surface area contributed by atoms with E-state index in [0.717, 1.165) is 6.08 Å². The van der Waals surface area contributed by atoms with E-state index in [-0.39, 0.29) is 6.42 Å². The van der Waals surface area contributed by atoms with Crippen molar-refractivity contribution in [1.82, 2.24) is 0 Å². The number of allylic oxidation sites excluding steroid dienone is 4. The molecular weight excluding hydrogens is 205 g/mol. The van der Waals surface area contributed by atoms with Crippen LogP contribution in [-0.4, -0.2) is 13.9 Å². The summed E-state index contributed by atoms with van der Waals surface area (Å²) < 4.78 is 57.5. The molecule has 0 aromatic heterocycles. The summed E-state index contributed by atoms with van der Waals surface area (Å²) >= 11 is 0. The number of alkyl halides is 3. The van der Waals surface area contributed by atoms with Crippen LogP contribution in [0.2, 0.25) is 0 Å². The van der Waals surface area contributed by atoms with Gasteiger partial charge in [0.2, 0.25) is 0 Å². The molecule has 0 aliphatic heterocycles. The van der Waals surface area contributed by atoms with Crippen LogP contribution in [0.1, 0.15) is 12.8 Å². The highest BCUT2D eigenvalue weighted by Crippen LogP contribution is 2.32. The Hall–Kier alpha value is -0.780. The van der Waals surface area contributed by atoms with Gasteiger partial charge in [-0.2, -0.15) is 13.2 Å². The number of rotatable bonds is 1. The summed E-state index contributed by atoms with van der Waals surface area (Å²) in [4.78, 5) is -0.553. The van der Waals surface area contributed by atoms with Crippen molar-refractivity contribution in [1.29, 1.82) is 0 Å². The SMILES string of the molecule is O=S(=O)(C1=CC=CCC1)C(F)(F)F. The summed E-state index contributed by atoms with van der Waals surface area (Å²) in [6.07, 6.45) is 4.20. The first-order valence-electron chi connectivity index (χ1n) is 3.53. The monoisotopic (exact) mass is 212 g/mol. The highest BCUT2D eigenvalue weighted by Gasteiger charge is 2.47. The van der Waals surface area contributed by atoms with Crippen molar-refractivity contribution in [3.63, 3.8) is 0 Å². The lowest BCUT2D eigenvalue weighted by atomic mass is 10.2. The fourth-order valence-electron chi connectivity index (χ4n) is 0.953. The summed E-state index contributed by atoms with van der Waals surface area (Å²) in [5, 5.41) is 0. The van der Waals surface area contributed by atoms with Gasteiger partial charge < -0.3 is 0 Å². The Kier molecular flexibility index (Phi) is 2.51. The topological polar surface area (TPSA) is 34.1 Å². The second-order valence-corrected chi connectivity index (χ2v) is 4.54. The van der Waals surface area contributed by atoms with Gasteiger partial charge in [-0.25, -0.2) is 8.42 Å². The molecule has 0 spiro atoms. The van der Waals surface area contributed by atoms with Crippen molar-refractivity contribution in [2.75, 3.05) is 0 Å². The number of sulfone groups is 1. The predicted molar refractivity (Wildman–Crippen MR) is 41.4 cm³/mol. The lowest BCUT2D eigenvalue weighted by Gasteiger charge is -2.12. The largest absolute Gasteiger partial charge is 0.501 e. The van der Waals surface area contributed by atoms with Gasteiger partial charge in [-0.1, -0.05) is 12.2 Å². The van der Waals surface area contributed by atoms with Gasteiger partial charge in [-0.05, 0) is 18.9 Å². The number of hydrogen-bond donors (Lipinski definition) is 0. The van der Waals surface area contributed by atoms with E-state index in [4.69, 9.17) is 0 Å². The molecule has 0 aromatic carbocycles. The molecule has 0 atom stereocenters. The predicted octanol–water partition coefficient (Wildman–Crippen LogP) is 2.15. The summed E-state index contributed by atoms with van der Waals surface area (Å²) in [5.41, 5.74) is -5.18. The Labute approximate surface area is 73.7 Å². The van der Waals surface area contributed by atoms with Crippen LogP contribution in [0.4, 0.5) is 13.2 Å². The molecule has 74 valence electrons. The molecule has 0 saturated heterocycles. The Morgan fingerprint density at radius 2 is 1.92 bits per heavy atom. The van der Waals surface area contributed by atoms with Gasteiger partial charge in [0.1, 0.15) is 0 Å². The van der Waals surface area contributed by atoms with Crippen molar-refractivity contribution >= 4 is 9.84 Å². The fourth-order valence-corrected chi connectivity index (χ4v) is 1.89. The minimum absolute atomic E-state index is 0.0711. The normalized spacial score (nSPS) is 18.5. The van der Waals surface area contributed by atoms with Crippen molar-refractivity contribution in [2.45, 2.75) is 18.3 Å². The third kappa shape index (κ3) is 1.93. The zero-order chi connectivity index (χ0) is 10.1. The van der Waals surface area contributed by atoms with Crippen LogP contribution >= 0.6 is 0 Å². The van der Waals surface area contributed by atoms with Gasteiger partial charge in [0.05, 0.1) is 4.91 Å². The van der Waals surface area contributed by atoms with Crippen molar-refractivity contribution in [2.24, 2.45) is 0 Å². The van der Waals surface area contributed by atoms with E-state index in [1.54, 1.807) is 6.08 Å². The Morgan fingerprint density at radius 1 is 1.31 bits per heavy atom. The molecule has 6 heteroatoms. The highest BCUT2D eigenvalue weighted by molar-refractivity contribution is 7.96. The minimum atomic E-state index is -5.18. The lowest BCUT2D eigenvalue weighted by Crippen LogP contribution is -2.25. The molecule has 0 radical (unpaired) electrons. The van der Waals surface area contributed by atoms with Crippen molar-refractivity contribution in [3.8, 4) is 0 Å². The molecule has 0 saturated carbocycles. The minimum Gasteiger partial charge on any atom is -0.215 e. The van der Waals surface area contributed by atoms with Crippen LogP contribution in [0, 0.1) is 0 Å². The quantitative estimate of drug-likeness (QED) is 0.667. The molecule has 13 heavy (non-hydrogen) atoms. The van der Waals surface area contributed by atoms with Crippen molar-refractivity contribution < 1.29 is 21.6 Å². The molecule has 0 N–H and O–H groups in total. The van der Waals surface area contributed by atoms with Gasteiger partial charge in [0.15, 0.2) is 0 Å². The summed E-state index contributed by atoms with van der Waals surface area (Å²) in [6, 6.07) is 0. The highest BCUT2D eigenvalue weighted by atomic mass is 32.2. The van der Waals surface area contributed by atoms with Gasteiger partial charge >= 0.3 is 5.51 Å². The Bertz CT molecular complexity index is 348. The maximum Gasteiger partial charge on any atom is 0.501 e. The van der Waals surface area contributed by atoms with E-state index < -0.39 is 20.3 Å². The number of halogens is 3. The van der Waals surface area contributed by atoms with Crippen LogP contribution < -0.4 is 0 Å². The molecule has 1 rings (SSSR count). The van der Waals surface area contributed by atoms with E-state index >= 15 is 0 Å². The molecule has 1 aliphatic rings. The zero-order valence-corrected chi connectivity index (χ0v) is 7.32. The zero-order valence-electron chi connectivity index (χ0n) is 6.50. The van der Waals surface area contributed by atoms with Crippen LogP contribution in [-0.2, 0) is 9.84 Å². The Morgan fingerprint density at radius 3 is 2.31 bits per heavy atom. The van der Waals surface area contributed by atoms with Crippen LogP contribution in [0.25, 0.3) is 0 Å². The van der Waals surface area contributed by atoms with Gasteiger partial charge in [-0.15, -0.1) is 0 Å². The van der Waals surface area contributed by atoms with E-state index in [2.05, 4.69) is 0 Å². The van der Waals surface area contributed by atoms with Gasteiger partial charge in [0.25, 0.3) is 9.84 Å². The third-order valence-electron chi connectivity index (χ3n) is 1.63. The molecule has 2 nitrogen and oxygen atoms in total. The third-order valence-corrected chi connectivity index (χ3v) is 3.27. The first-order chi connectivity index (χ1) is 5.86. The van der Waals surface area contributed by atoms with Crippen LogP contribution in [0.5, 0.6) is 0 Å². The molecule has 0 bridgehead atoms. The second kappa shape index (κ2) is 3.17. The van der Waals surface area contributed by atoms with E-state index in [0.29, 0.717) is 6.42 Å². The Balaban J connectivity index is 3.08. The maximum atomic E-state index is 12.0. The average molecular weight is 212 g/mol. The first kappa shape index (κ1) is 10.3. The van der Waals surface area contributed by atoms with Crippen LogP contribution in [0.3, 0.4) is 0 Å². The van der Waals surface area contributed by atoms with E-state index in [1.165, 1.54) is 6.08 Å². The van der Waals surface area contributed by atoms with Crippen LogP contribution in [0.15, 0.2) is 23.1 Å². The average Bonchev–Trinajstić information content (AvgIpc) is 2.04. The molecular formula is C7H7F3O2S. The van der Waals surface area contributed by atoms with E-state index in [9.17, 15) is 21.6 Å². The summed E-state index contributed by atoms with van der Waals surface area (Å²) in [5.74, 6) is 0. The fraction of sp³-hybridized carbons (Fsp3) is 0.429. The molecule has 0 amide bonds. The summed E-state index contributed by atoms with van der Waals surface area (Å²) in [7, 11) is -5.09. The van der Waals surface area contributed by atoms with E-state index in [1.807, 2.05) is 0 Å². The molecule has 0 fully saturated rings. The first-order valence-corrected chi connectivity index (χ1v) is 5.01.